The van der Waals surface area contributed by atoms with Gasteiger partial charge in [-0.05, 0) is 23.1 Å². The number of hydrogen-bond donors (Lipinski definition) is 1. The Morgan fingerprint density at radius 1 is 1.00 bits per heavy atom. The van der Waals surface area contributed by atoms with Crippen molar-refractivity contribution in [2.75, 3.05) is 5.75 Å². The molecule has 7 heteroatoms. The molecule has 0 aliphatic heterocycles. The quantitative estimate of drug-likeness (QED) is 0.649. The third kappa shape index (κ3) is 5.12. The van der Waals surface area contributed by atoms with Gasteiger partial charge in [0.15, 0.2) is 11.0 Å². The Bertz CT molecular complexity index is 1010. The van der Waals surface area contributed by atoms with Crippen LogP contribution in [0.15, 0.2) is 59.8 Å². The van der Waals surface area contributed by atoms with E-state index in [0.717, 1.165) is 11.4 Å². The van der Waals surface area contributed by atoms with E-state index in [9.17, 15) is 9.59 Å². The first-order valence-corrected chi connectivity index (χ1v) is 10.3. The van der Waals surface area contributed by atoms with E-state index < -0.39 is 5.91 Å². The third-order valence-electron chi connectivity index (χ3n) is 4.47. The zero-order valence-corrected chi connectivity index (χ0v) is 17.8. The van der Waals surface area contributed by atoms with Gasteiger partial charge in [-0.1, -0.05) is 75.0 Å². The van der Waals surface area contributed by atoms with Gasteiger partial charge in [-0.2, -0.15) is 0 Å². The minimum atomic E-state index is -0.409. The van der Waals surface area contributed by atoms with E-state index in [1.165, 1.54) is 17.3 Å². The molecule has 2 amide bonds. The molecule has 150 valence electrons. The Morgan fingerprint density at radius 3 is 2.28 bits per heavy atom. The smallest absolute Gasteiger partial charge is 0.257 e. The largest absolute Gasteiger partial charge is 0.305 e. The van der Waals surface area contributed by atoms with Crippen LogP contribution in [0, 0.1) is 0 Å². The summed E-state index contributed by atoms with van der Waals surface area (Å²) in [6, 6.07) is 16.9. The fourth-order valence-electron chi connectivity index (χ4n) is 2.77. The second-order valence-corrected chi connectivity index (χ2v) is 8.67. The lowest BCUT2D eigenvalue weighted by molar-refractivity contribution is -0.117. The Hall–Kier alpha value is -2.93. The second kappa shape index (κ2) is 8.61. The van der Waals surface area contributed by atoms with Crippen LogP contribution in [0.4, 0.5) is 0 Å². The number of thioether (sulfide) groups is 1. The van der Waals surface area contributed by atoms with Crippen molar-refractivity contribution in [1.29, 1.82) is 0 Å². The van der Waals surface area contributed by atoms with Crippen molar-refractivity contribution in [2.24, 2.45) is 7.05 Å². The molecular formula is C22H24N4O2S. The normalized spacial score (nSPS) is 11.3. The lowest BCUT2D eigenvalue weighted by Gasteiger charge is -2.19. The molecule has 0 saturated carbocycles. The molecule has 2 aromatic carbocycles. The molecule has 1 heterocycles. The minimum absolute atomic E-state index is 0.0769. The summed E-state index contributed by atoms with van der Waals surface area (Å²) in [6.07, 6.45) is 0. The second-order valence-electron chi connectivity index (χ2n) is 7.72. The van der Waals surface area contributed by atoms with Gasteiger partial charge < -0.3 is 4.57 Å². The van der Waals surface area contributed by atoms with Crippen LogP contribution in [0.25, 0.3) is 11.4 Å². The van der Waals surface area contributed by atoms with Gasteiger partial charge in [0.2, 0.25) is 5.91 Å². The first kappa shape index (κ1) is 20.8. The maximum Gasteiger partial charge on any atom is 0.257 e. The zero-order chi connectivity index (χ0) is 21.0. The van der Waals surface area contributed by atoms with E-state index in [4.69, 9.17) is 0 Å². The van der Waals surface area contributed by atoms with E-state index >= 15 is 0 Å². The lowest BCUT2D eigenvalue weighted by Crippen LogP contribution is -2.31. The lowest BCUT2D eigenvalue weighted by atomic mass is 9.87. The predicted molar refractivity (Wildman–Crippen MR) is 115 cm³/mol. The summed E-state index contributed by atoms with van der Waals surface area (Å²) < 4.78 is 1.85. The van der Waals surface area contributed by atoms with Crippen molar-refractivity contribution in [3.63, 3.8) is 0 Å². The number of nitrogens with one attached hydrogen (secondary N) is 1. The van der Waals surface area contributed by atoms with Crippen molar-refractivity contribution in [3.05, 3.63) is 65.7 Å². The van der Waals surface area contributed by atoms with Crippen molar-refractivity contribution >= 4 is 23.6 Å². The molecule has 0 spiro atoms. The minimum Gasteiger partial charge on any atom is -0.305 e. The first-order chi connectivity index (χ1) is 13.8. The fourth-order valence-corrected chi connectivity index (χ4v) is 3.48. The summed E-state index contributed by atoms with van der Waals surface area (Å²) in [6.45, 7) is 6.52. The third-order valence-corrected chi connectivity index (χ3v) is 5.49. The Morgan fingerprint density at radius 2 is 1.66 bits per heavy atom. The van der Waals surface area contributed by atoms with Gasteiger partial charge in [0, 0.05) is 18.2 Å². The molecule has 0 atom stereocenters. The molecule has 0 saturated heterocycles. The highest BCUT2D eigenvalue weighted by atomic mass is 32.2. The number of benzene rings is 2. The highest BCUT2D eigenvalue weighted by Crippen LogP contribution is 2.26. The van der Waals surface area contributed by atoms with E-state index in [2.05, 4.69) is 48.4 Å². The fraction of sp³-hybridized carbons (Fsp3) is 0.273. The molecule has 0 radical (unpaired) electrons. The number of amides is 2. The maximum atomic E-state index is 12.1. The number of imide groups is 1. The number of aromatic nitrogens is 3. The molecule has 1 aromatic heterocycles. The molecule has 0 bridgehead atoms. The topological polar surface area (TPSA) is 76.9 Å². The average Bonchev–Trinajstić information content (AvgIpc) is 3.07. The summed E-state index contributed by atoms with van der Waals surface area (Å²) in [5.74, 6) is 0.0264. The molecule has 0 unspecified atom stereocenters. The van der Waals surface area contributed by atoms with E-state index in [0.29, 0.717) is 10.7 Å². The Kier molecular flexibility index (Phi) is 6.17. The average molecular weight is 409 g/mol. The summed E-state index contributed by atoms with van der Waals surface area (Å²) in [4.78, 5) is 24.2. The highest BCUT2D eigenvalue weighted by Gasteiger charge is 2.17. The molecule has 1 N–H and O–H groups in total. The summed E-state index contributed by atoms with van der Waals surface area (Å²) in [5, 5.41) is 11.4. The van der Waals surface area contributed by atoms with Crippen molar-refractivity contribution in [3.8, 4) is 11.4 Å². The van der Waals surface area contributed by atoms with Crippen molar-refractivity contribution < 1.29 is 9.59 Å². The van der Waals surface area contributed by atoms with Gasteiger partial charge in [0.05, 0.1) is 5.75 Å². The van der Waals surface area contributed by atoms with Crippen molar-refractivity contribution in [1.82, 2.24) is 20.1 Å². The predicted octanol–water partition coefficient (Wildman–Crippen LogP) is 3.83. The number of carbonyl (C=O) groups excluding carboxylic acids is 2. The number of nitrogens with zero attached hydrogens (tertiary/aromatic N) is 3. The SMILES string of the molecule is Cn1c(SCC(=O)NC(=O)c2ccccc2)nnc1-c1ccc(C(C)(C)C)cc1. The van der Waals surface area contributed by atoms with Crippen LogP contribution >= 0.6 is 11.8 Å². The molecule has 0 aliphatic rings. The first-order valence-electron chi connectivity index (χ1n) is 9.28. The van der Waals surface area contributed by atoms with Gasteiger partial charge in [0.1, 0.15) is 0 Å². The summed E-state index contributed by atoms with van der Waals surface area (Å²) in [5.41, 5.74) is 2.75. The Labute approximate surface area is 174 Å². The van der Waals surface area contributed by atoms with Gasteiger partial charge in [-0.3, -0.25) is 14.9 Å². The standard InChI is InChI=1S/C22H24N4O2S/c1-22(2,3)17-12-10-15(11-13-17)19-24-25-21(26(19)4)29-14-18(27)23-20(28)16-8-6-5-7-9-16/h5-13H,14H2,1-4H3,(H,23,27,28). The number of hydrogen-bond acceptors (Lipinski definition) is 5. The highest BCUT2D eigenvalue weighted by molar-refractivity contribution is 7.99. The zero-order valence-electron chi connectivity index (χ0n) is 17.0. The van der Waals surface area contributed by atoms with Crippen molar-refractivity contribution in [2.45, 2.75) is 31.3 Å². The Balaban J connectivity index is 1.62. The summed E-state index contributed by atoms with van der Waals surface area (Å²) >= 11 is 1.24. The van der Waals surface area contributed by atoms with Crippen LogP contribution < -0.4 is 5.32 Å². The van der Waals surface area contributed by atoms with Gasteiger partial charge >= 0.3 is 0 Å². The van der Waals surface area contributed by atoms with Crippen LogP contribution in [-0.4, -0.2) is 32.3 Å². The van der Waals surface area contributed by atoms with Crippen LogP contribution in [0.5, 0.6) is 0 Å². The monoisotopic (exact) mass is 408 g/mol. The molecule has 0 fully saturated rings. The molecule has 0 aliphatic carbocycles. The number of carbonyl (C=O) groups is 2. The molecule has 3 rings (SSSR count). The molecule has 29 heavy (non-hydrogen) atoms. The van der Waals surface area contributed by atoms with E-state index in [1.807, 2.05) is 29.8 Å². The van der Waals surface area contributed by atoms with Crippen LogP contribution in [0.1, 0.15) is 36.7 Å². The van der Waals surface area contributed by atoms with Crippen LogP contribution in [-0.2, 0) is 17.3 Å². The molecule has 3 aromatic rings. The van der Waals surface area contributed by atoms with Gasteiger partial charge in [-0.25, -0.2) is 0 Å². The van der Waals surface area contributed by atoms with Gasteiger partial charge in [-0.15, -0.1) is 10.2 Å². The van der Waals surface area contributed by atoms with Crippen LogP contribution in [0.3, 0.4) is 0 Å². The number of rotatable bonds is 5. The van der Waals surface area contributed by atoms with E-state index in [1.54, 1.807) is 24.3 Å². The summed E-state index contributed by atoms with van der Waals surface area (Å²) in [7, 11) is 1.86. The molecular weight excluding hydrogens is 384 g/mol. The maximum absolute atomic E-state index is 12.1. The van der Waals surface area contributed by atoms with E-state index in [-0.39, 0.29) is 17.1 Å². The van der Waals surface area contributed by atoms with Gasteiger partial charge in [0.25, 0.3) is 5.91 Å². The molecule has 6 nitrogen and oxygen atoms in total. The van der Waals surface area contributed by atoms with Crippen LogP contribution in [0.2, 0.25) is 0 Å².